The van der Waals surface area contributed by atoms with E-state index >= 15 is 0 Å². The maximum absolute atomic E-state index is 12.8. The number of rotatable bonds is 7. The molecule has 1 unspecified atom stereocenters. The summed E-state index contributed by atoms with van der Waals surface area (Å²) in [4.78, 5) is 23.9. The summed E-state index contributed by atoms with van der Waals surface area (Å²) in [6.07, 6.45) is -1.45. The van der Waals surface area contributed by atoms with Gasteiger partial charge in [-0.25, -0.2) is 0 Å². The zero-order valence-corrected chi connectivity index (χ0v) is 15.5. The SMILES string of the molecule is COC[C@@](OC(=O)O)(C(=O)[AsH]Cc1ccccc1)C(C)(C)C. The molecule has 0 aliphatic carbocycles. The molecule has 1 N–H and O–H groups in total. The maximum atomic E-state index is 12.8. The molecule has 0 amide bonds. The summed E-state index contributed by atoms with van der Waals surface area (Å²) < 4.78 is 10.0. The van der Waals surface area contributed by atoms with Crippen molar-refractivity contribution >= 4 is 26.5 Å². The average molecular weight is 370 g/mol. The van der Waals surface area contributed by atoms with Gasteiger partial charge >= 0.3 is 137 Å². The zero-order valence-electron chi connectivity index (χ0n) is 13.4. The van der Waals surface area contributed by atoms with Gasteiger partial charge in [0, 0.05) is 0 Å². The zero-order chi connectivity index (χ0) is 16.8. The first-order valence-electron chi connectivity index (χ1n) is 6.96. The summed E-state index contributed by atoms with van der Waals surface area (Å²) in [5.74, 6) is 0. The van der Waals surface area contributed by atoms with Crippen molar-refractivity contribution in [3.8, 4) is 0 Å². The van der Waals surface area contributed by atoms with Crippen molar-refractivity contribution in [2.45, 2.75) is 31.6 Å². The van der Waals surface area contributed by atoms with E-state index in [-0.39, 0.29) is 11.2 Å². The number of carbonyl (C=O) groups excluding carboxylic acids is 1. The Morgan fingerprint density at radius 2 is 1.77 bits per heavy atom. The molecular formula is C16H23AsO5. The molecule has 0 aliphatic heterocycles. The van der Waals surface area contributed by atoms with Gasteiger partial charge in [-0.1, -0.05) is 0 Å². The summed E-state index contributed by atoms with van der Waals surface area (Å²) in [5.41, 5.74) is -1.06. The number of carboxylic acid groups (broad SMARTS) is 1. The molecular weight excluding hydrogens is 347 g/mol. The van der Waals surface area contributed by atoms with Crippen LogP contribution in [0.2, 0.25) is 0 Å². The third-order valence-corrected chi connectivity index (χ3v) is 6.23. The molecule has 6 heteroatoms. The van der Waals surface area contributed by atoms with Gasteiger partial charge in [-0.05, 0) is 0 Å². The molecule has 0 heterocycles. The first-order valence-corrected chi connectivity index (χ1v) is 9.49. The van der Waals surface area contributed by atoms with Crippen LogP contribution < -0.4 is 0 Å². The second kappa shape index (κ2) is 7.79. The van der Waals surface area contributed by atoms with E-state index in [1.54, 1.807) is 20.8 Å². The fraction of sp³-hybridized carbons (Fsp3) is 0.500. The Bertz CT molecular complexity index is 509. The summed E-state index contributed by atoms with van der Waals surface area (Å²) in [6.45, 7) is 5.31. The van der Waals surface area contributed by atoms with Gasteiger partial charge in [-0.15, -0.1) is 0 Å². The molecule has 0 aliphatic rings. The van der Waals surface area contributed by atoms with Crippen molar-refractivity contribution < 1.29 is 24.2 Å². The Kier molecular flexibility index (Phi) is 6.63. The Hall–Kier alpha value is -1.32. The summed E-state index contributed by atoms with van der Waals surface area (Å²) in [6, 6.07) is 9.69. The van der Waals surface area contributed by atoms with Gasteiger partial charge in [0.25, 0.3) is 0 Å². The standard InChI is InChI=1S/C16H23AsO5/c1-15(2,3)16(11-21-4,22-14(19)20)13(18)17-10-12-8-6-5-7-9-12/h5-9,17H,10-11H2,1-4H3,(H,19,20)/t16-/m1/s1. The second-order valence-electron chi connectivity index (χ2n) is 6.05. The monoisotopic (exact) mass is 370 g/mol. The molecule has 22 heavy (non-hydrogen) atoms. The number of hydrogen-bond acceptors (Lipinski definition) is 4. The molecule has 1 rings (SSSR count). The van der Waals surface area contributed by atoms with Gasteiger partial charge in [0.2, 0.25) is 0 Å². The van der Waals surface area contributed by atoms with Crippen LogP contribution in [0.3, 0.4) is 0 Å². The number of carbonyl (C=O) groups is 2. The number of hydrogen-bond donors (Lipinski definition) is 1. The summed E-state index contributed by atoms with van der Waals surface area (Å²) >= 11 is -1.08. The van der Waals surface area contributed by atoms with Crippen molar-refractivity contribution in [1.29, 1.82) is 0 Å². The fourth-order valence-electron chi connectivity index (χ4n) is 2.12. The third-order valence-electron chi connectivity index (χ3n) is 3.48. The van der Waals surface area contributed by atoms with E-state index in [0.717, 1.165) is 5.56 Å². The van der Waals surface area contributed by atoms with Crippen LogP contribution in [0.15, 0.2) is 30.3 Å². The molecule has 0 saturated heterocycles. The minimum absolute atomic E-state index is 0.0695. The van der Waals surface area contributed by atoms with Gasteiger partial charge in [0.15, 0.2) is 0 Å². The predicted molar refractivity (Wildman–Crippen MR) is 85.5 cm³/mol. The number of benzene rings is 1. The summed E-state index contributed by atoms with van der Waals surface area (Å²) in [7, 11) is 1.44. The Morgan fingerprint density at radius 1 is 1.18 bits per heavy atom. The molecule has 0 saturated carbocycles. The van der Waals surface area contributed by atoms with E-state index in [1.807, 2.05) is 30.3 Å². The molecule has 0 fully saturated rings. The molecule has 0 bridgehead atoms. The van der Waals surface area contributed by atoms with Crippen LogP contribution >= 0.6 is 0 Å². The molecule has 0 spiro atoms. The van der Waals surface area contributed by atoms with E-state index in [1.165, 1.54) is 7.11 Å². The second-order valence-corrected chi connectivity index (χ2v) is 8.48. The van der Waals surface area contributed by atoms with Crippen LogP contribution in [0.1, 0.15) is 26.3 Å². The molecule has 2 atom stereocenters. The molecule has 122 valence electrons. The van der Waals surface area contributed by atoms with E-state index in [4.69, 9.17) is 14.6 Å². The van der Waals surface area contributed by atoms with Gasteiger partial charge in [0.1, 0.15) is 0 Å². The van der Waals surface area contributed by atoms with E-state index in [2.05, 4.69) is 0 Å². The van der Waals surface area contributed by atoms with E-state index in [0.29, 0.717) is 5.21 Å². The van der Waals surface area contributed by atoms with Crippen molar-refractivity contribution in [3.05, 3.63) is 35.9 Å². The van der Waals surface area contributed by atoms with E-state index in [9.17, 15) is 9.59 Å². The first-order chi connectivity index (χ1) is 10.2. The molecule has 0 aromatic heterocycles. The summed E-state index contributed by atoms with van der Waals surface area (Å²) in [5, 5.41) is 9.71. The van der Waals surface area contributed by atoms with Crippen LogP contribution in [0.4, 0.5) is 4.79 Å². The average Bonchev–Trinajstić information content (AvgIpc) is 2.43. The van der Waals surface area contributed by atoms with Crippen LogP contribution in [-0.2, 0) is 19.5 Å². The molecule has 1 aromatic rings. The Labute approximate surface area is 137 Å². The van der Waals surface area contributed by atoms with Crippen LogP contribution in [0.5, 0.6) is 0 Å². The molecule has 1 aromatic carbocycles. The van der Waals surface area contributed by atoms with Crippen LogP contribution in [0, 0.1) is 5.41 Å². The minimum atomic E-state index is -1.46. The van der Waals surface area contributed by atoms with Crippen molar-refractivity contribution in [2.75, 3.05) is 13.7 Å². The number of ether oxygens (including phenoxy) is 2. The molecule has 5 nitrogen and oxygen atoms in total. The van der Waals surface area contributed by atoms with Gasteiger partial charge < -0.3 is 0 Å². The quantitative estimate of drug-likeness (QED) is 0.589. The Morgan fingerprint density at radius 3 is 2.23 bits per heavy atom. The van der Waals surface area contributed by atoms with Crippen molar-refractivity contribution in [1.82, 2.24) is 0 Å². The normalized spacial score (nSPS) is 14.7. The number of methoxy groups -OCH3 is 1. The van der Waals surface area contributed by atoms with Crippen LogP contribution in [0.25, 0.3) is 0 Å². The predicted octanol–water partition coefficient (Wildman–Crippen LogP) is 2.28. The van der Waals surface area contributed by atoms with Gasteiger partial charge in [-0.3, -0.25) is 0 Å². The van der Waals surface area contributed by atoms with Crippen LogP contribution in [-0.4, -0.2) is 50.9 Å². The topological polar surface area (TPSA) is 72.8 Å². The van der Waals surface area contributed by atoms with Gasteiger partial charge in [0.05, 0.1) is 0 Å². The van der Waals surface area contributed by atoms with Crippen molar-refractivity contribution in [3.63, 3.8) is 0 Å². The van der Waals surface area contributed by atoms with E-state index < -0.39 is 32.9 Å². The van der Waals surface area contributed by atoms with Gasteiger partial charge in [-0.2, -0.15) is 0 Å². The molecule has 0 radical (unpaired) electrons. The first kappa shape index (κ1) is 18.7. The Balaban J connectivity index is 2.98. The third kappa shape index (κ3) is 4.59. The van der Waals surface area contributed by atoms with Crippen molar-refractivity contribution in [2.24, 2.45) is 5.41 Å². The fourth-order valence-corrected chi connectivity index (χ4v) is 5.03.